The molecular weight excluding hydrogens is 492 g/mol. The lowest BCUT2D eigenvalue weighted by molar-refractivity contribution is 0.102. The molecule has 2 aromatic heterocycles. The second-order valence-electron chi connectivity index (χ2n) is 8.71. The third kappa shape index (κ3) is 6.30. The van der Waals surface area contributed by atoms with Gasteiger partial charge in [-0.1, -0.05) is 60.1 Å². The lowest BCUT2D eigenvalue weighted by Gasteiger charge is -2.10. The number of halogens is 1. The first-order valence-electron chi connectivity index (χ1n) is 11.9. The molecule has 0 fully saturated rings. The van der Waals surface area contributed by atoms with Gasteiger partial charge in [-0.05, 0) is 75.1 Å². The number of rotatable bonds is 9. The monoisotopic (exact) mass is 520 g/mol. The first-order valence-corrected chi connectivity index (χ1v) is 13.3. The molecule has 4 aromatic rings. The number of thioether (sulfide) groups is 1. The van der Waals surface area contributed by atoms with Crippen LogP contribution in [0.1, 0.15) is 58.5 Å². The largest absolute Gasteiger partial charge is 0.321 e. The molecule has 0 bridgehead atoms. The second-order valence-corrected chi connectivity index (χ2v) is 10.1. The van der Waals surface area contributed by atoms with Crippen molar-refractivity contribution in [1.29, 1.82) is 0 Å². The Labute approximate surface area is 220 Å². The van der Waals surface area contributed by atoms with E-state index in [0.29, 0.717) is 27.3 Å². The fraction of sp³-hybridized carbons (Fsp3) is 0.296. The molecule has 0 saturated carbocycles. The number of hydrogen-bond acceptors (Lipinski definition) is 6. The van der Waals surface area contributed by atoms with Gasteiger partial charge in [0.25, 0.3) is 5.91 Å². The van der Waals surface area contributed by atoms with Gasteiger partial charge in [-0.15, -0.1) is 5.10 Å². The van der Waals surface area contributed by atoms with Crippen molar-refractivity contribution in [3.8, 4) is 5.69 Å². The highest BCUT2D eigenvalue weighted by molar-refractivity contribution is 7.98. The van der Waals surface area contributed by atoms with E-state index < -0.39 is 0 Å². The van der Waals surface area contributed by atoms with Crippen molar-refractivity contribution in [2.24, 2.45) is 0 Å². The van der Waals surface area contributed by atoms with E-state index in [1.54, 1.807) is 4.68 Å². The fourth-order valence-electron chi connectivity index (χ4n) is 3.75. The second kappa shape index (κ2) is 11.7. The average Bonchev–Trinajstić information content (AvgIpc) is 3.27. The molecule has 186 valence electrons. The van der Waals surface area contributed by atoms with Gasteiger partial charge in [-0.25, -0.2) is 14.6 Å². The summed E-state index contributed by atoms with van der Waals surface area (Å²) < 4.78 is 1.66. The van der Waals surface area contributed by atoms with Gasteiger partial charge in [0.15, 0.2) is 10.9 Å². The predicted octanol–water partition coefficient (Wildman–Crippen LogP) is 6.52. The number of carbonyl (C=O) groups excluding carboxylic acids is 1. The third-order valence-corrected chi connectivity index (χ3v) is 6.97. The maximum atomic E-state index is 13.3. The van der Waals surface area contributed by atoms with Gasteiger partial charge in [0.1, 0.15) is 0 Å². The summed E-state index contributed by atoms with van der Waals surface area (Å²) in [5, 5.41) is 12.8. The molecule has 0 unspecified atom stereocenters. The molecule has 0 saturated heterocycles. The maximum Gasteiger partial charge on any atom is 0.278 e. The molecule has 0 aliphatic heterocycles. The zero-order valence-electron chi connectivity index (χ0n) is 20.9. The third-order valence-electron chi connectivity index (χ3n) is 5.71. The molecule has 4 rings (SSSR count). The number of benzene rings is 2. The van der Waals surface area contributed by atoms with Crippen LogP contribution < -0.4 is 5.32 Å². The van der Waals surface area contributed by atoms with E-state index in [9.17, 15) is 4.79 Å². The number of nitrogens with zero attached hydrogens (tertiary/aromatic N) is 5. The van der Waals surface area contributed by atoms with Crippen LogP contribution in [0.3, 0.4) is 0 Å². The van der Waals surface area contributed by atoms with Crippen LogP contribution in [0.5, 0.6) is 0 Å². The SMILES string of the molecule is CCCCc1ccc(NC(=O)c2nnn(-c3ccc(C)c(Cl)c3)c2CSc2nc(C)cc(C)n2)cc1. The number of hydrogen-bond donors (Lipinski definition) is 1. The van der Waals surface area contributed by atoms with Crippen LogP contribution in [-0.2, 0) is 12.2 Å². The van der Waals surface area contributed by atoms with Gasteiger partial charge in [-0.2, -0.15) is 0 Å². The number of amides is 1. The molecule has 0 radical (unpaired) electrons. The van der Waals surface area contributed by atoms with Crippen molar-refractivity contribution < 1.29 is 4.79 Å². The van der Waals surface area contributed by atoms with Crippen LogP contribution in [0.25, 0.3) is 5.69 Å². The summed E-state index contributed by atoms with van der Waals surface area (Å²) in [5.41, 5.74) is 6.32. The molecule has 36 heavy (non-hydrogen) atoms. The number of carbonyl (C=O) groups is 1. The molecule has 0 atom stereocenters. The van der Waals surface area contributed by atoms with Crippen LogP contribution in [-0.4, -0.2) is 30.9 Å². The number of nitrogens with one attached hydrogen (secondary N) is 1. The van der Waals surface area contributed by atoms with Crippen molar-refractivity contribution in [3.63, 3.8) is 0 Å². The highest BCUT2D eigenvalue weighted by atomic mass is 35.5. The van der Waals surface area contributed by atoms with Gasteiger partial charge in [0.2, 0.25) is 0 Å². The highest BCUT2D eigenvalue weighted by Crippen LogP contribution is 2.26. The van der Waals surface area contributed by atoms with Crippen LogP contribution in [0.15, 0.2) is 53.7 Å². The summed E-state index contributed by atoms with van der Waals surface area (Å²) in [4.78, 5) is 22.3. The molecule has 9 heteroatoms. The lowest BCUT2D eigenvalue weighted by atomic mass is 10.1. The van der Waals surface area contributed by atoms with E-state index in [1.165, 1.54) is 17.3 Å². The maximum absolute atomic E-state index is 13.3. The van der Waals surface area contributed by atoms with Crippen molar-refractivity contribution in [1.82, 2.24) is 25.0 Å². The number of aromatic nitrogens is 5. The molecule has 1 amide bonds. The van der Waals surface area contributed by atoms with Crippen LogP contribution in [0.4, 0.5) is 5.69 Å². The van der Waals surface area contributed by atoms with Gasteiger partial charge in [-0.3, -0.25) is 4.79 Å². The number of anilines is 1. The predicted molar refractivity (Wildman–Crippen MR) is 145 cm³/mol. The van der Waals surface area contributed by atoms with Gasteiger partial charge >= 0.3 is 0 Å². The quantitative estimate of drug-likeness (QED) is 0.199. The Morgan fingerprint density at radius 3 is 2.42 bits per heavy atom. The Hall–Kier alpha value is -3.23. The van der Waals surface area contributed by atoms with Crippen LogP contribution in [0.2, 0.25) is 5.02 Å². The average molecular weight is 521 g/mol. The Balaban J connectivity index is 1.62. The number of unbranched alkanes of at least 4 members (excludes halogenated alkanes) is 1. The van der Waals surface area contributed by atoms with Crippen LogP contribution >= 0.6 is 23.4 Å². The Bertz CT molecular complexity index is 1350. The van der Waals surface area contributed by atoms with E-state index in [0.717, 1.165) is 41.9 Å². The zero-order valence-corrected chi connectivity index (χ0v) is 22.5. The normalized spacial score (nSPS) is 11.0. The first kappa shape index (κ1) is 25.9. The fourth-order valence-corrected chi connectivity index (χ4v) is 4.86. The smallest absolute Gasteiger partial charge is 0.278 e. The topological polar surface area (TPSA) is 85.6 Å². The standard InChI is InChI=1S/C27H29ClN6OS/c1-5-6-7-20-9-11-21(12-10-20)31-26(35)25-24(16-36-27-29-18(3)14-19(4)30-27)34(33-32-25)22-13-8-17(2)23(28)15-22/h8-15H,5-7,16H2,1-4H3,(H,31,35). The Morgan fingerprint density at radius 2 is 1.75 bits per heavy atom. The Morgan fingerprint density at radius 1 is 1.03 bits per heavy atom. The lowest BCUT2D eigenvalue weighted by Crippen LogP contribution is -2.15. The first-order chi connectivity index (χ1) is 17.3. The molecule has 0 spiro atoms. The minimum Gasteiger partial charge on any atom is -0.321 e. The van der Waals surface area contributed by atoms with Gasteiger partial charge in [0, 0.05) is 27.9 Å². The molecule has 2 aromatic carbocycles. The summed E-state index contributed by atoms with van der Waals surface area (Å²) in [7, 11) is 0. The summed E-state index contributed by atoms with van der Waals surface area (Å²) >= 11 is 7.81. The molecule has 0 aliphatic carbocycles. The van der Waals surface area contributed by atoms with E-state index in [1.807, 2.05) is 69.3 Å². The number of aryl methyl sites for hydroxylation is 4. The van der Waals surface area contributed by atoms with E-state index in [2.05, 4.69) is 32.5 Å². The van der Waals surface area contributed by atoms with Gasteiger partial charge in [0.05, 0.1) is 11.4 Å². The minimum absolute atomic E-state index is 0.249. The summed E-state index contributed by atoms with van der Waals surface area (Å²) in [6.45, 7) is 7.99. The molecule has 7 nitrogen and oxygen atoms in total. The van der Waals surface area contributed by atoms with Crippen molar-refractivity contribution >= 4 is 35.0 Å². The molecule has 0 aliphatic rings. The van der Waals surface area contributed by atoms with Crippen LogP contribution in [0, 0.1) is 20.8 Å². The minimum atomic E-state index is -0.322. The summed E-state index contributed by atoms with van der Waals surface area (Å²) in [6, 6.07) is 15.5. The molecule has 1 N–H and O–H groups in total. The van der Waals surface area contributed by atoms with E-state index >= 15 is 0 Å². The van der Waals surface area contributed by atoms with E-state index in [-0.39, 0.29) is 11.6 Å². The van der Waals surface area contributed by atoms with Crippen molar-refractivity contribution in [3.05, 3.63) is 87.5 Å². The Kier molecular flexibility index (Phi) is 8.38. The molecular formula is C27H29ClN6OS. The molecule has 2 heterocycles. The van der Waals surface area contributed by atoms with E-state index in [4.69, 9.17) is 11.6 Å². The summed E-state index contributed by atoms with van der Waals surface area (Å²) in [5.74, 6) is 0.0813. The van der Waals surface area contributed by atoms with Crippen molar-refractivity contribution in [2.75, 3.05) is 5.32 Å². The zero-order chi connectivity index (χ0) is 25.7. The van der Waals surface area contributed by atoms with Crippen molar-refractivity contribution in [2.45, 2.75) is 57.9 Å². The summed E-state index contributed by atoms with van der Waals surface area (Å²) in [6.07, 6.45) is 3.32. The highest BCUT2D eigenvalue weighted by Gasteiger charge is 2.22. The van der Waals surface area contributed by atoms with Gasteiger partial charge < -0.3 is 5.32 Å².